The molecule has 1 heterocycles. The van der Waals surface area contributed by atoms with Crippen LogP contribution in [0.3, 0.4) is 0 Å². The summed E-state index contributed by atoms with van der Waals surface area (Å²) in [5.74, 6) is 0. The maximum Gasteiger partial charge on any atom is 0.0513 e. The zero-order valence-electron chi connectivity index (χ0n) is 11.9. The van der Waals surface area contributed by atoms with E-state index >= 15 is 0 Å². The molecule has 19 heavy (non-hydrogen) atoms. The van der Waals surface area contributed by atoms with Gasteiger partial charge in [-0.25, -0.2) is 0 Å². The fourth-order valence-electron chi connectivity index (χ4n) is 3.02. The summed E-state index contributed by atoms with van der Waals surface area (Å²) in [4.78, 5) is 2.60. The number of hydrogen-bond acceptors (Lipinski definition) is 2. The molecular weight excluding hydrogens is 300 g/mol. The molecule has 1 saturated heterocycles. The van der Waals surface area contributed by atoms with Gasteiger partial charge < -0.3 is 10.6 Å². The van der Waals surface area contributed by atoms with Gasteiger partial charge in [-0.15, -0.1) is 0 Å². The van der Waals surface area contributed by atoms with Crippen molar-refractivity contribution in [2.45, 2.75) is 51.5 Å². The highest BCUT2D eigenvalue weighted by molar-refractivity contribution is 9.10. The van der Waals surface area contributed by atoms with E-state index in [-0.39, 0.29) is 0 Å². The largest absolute Gasteiger partial charge is 0.368 e. The molecule has 2 N–H and O–H groups in total. The lowest BCUT2D eigenvalue weighted by Gasteiger charge is -2.32. The molecule has 0 radical (unpaired) electrons. The van der Waals surface area contributed by atoms with Crippen LogP contribution in [-0.2, 0) is 6.42 Å². The van der Waals surface area contributed by atoms with Crippen LogP contribution in [-0.4, -0.2) is 19.1 Å². The smallest absolute Gasteiger partial charge is 0.0513 e. The van der Waals surface area contributed by atoms with Crippen molar-refractivity contribution in [1.29, 1.82) is 0 Å². The van der Waals surface area contributed by atoms with E-state index in [0.29, 0.717) is 12.6 Å². The van der Waals surface area contributed by atoms with Gasteiger partial charge in [-0.3, -0.25) is 0 Å². The Labute approximate surface area is 125 Å². The van der Waals surface area contributed by atoms with E-state index in [1.54, 1.807) is 0 Å². The lowest BCUT2D eigenvalue weighted by atomic mass is 10.1. The van der Waals surface area contributed by atoms with Crippen LogP contribution in [0.25, 0.3) is 0 Å². The van der Waals surface area contributed by atoms with Gasteiger partial charge in [0, 0.05) is 17.1 Å². The van der Waals surface area contributed by atoms with E-state index in [4.69, 9.17) is 5.73 Å². The summed E-state index contributed by atoms with van der Waals surface area (Å²) in [5, 5.41) is 0. The number of anilines is 1. The summed E-state index contributed by atoms with van der Waals surface area (Å²) in [6, 6.07) is 7.42. The molecule has 2 rings (SSSR count). The van der Waals surface area contributed by atoms with Crippen LogP contribution in [0.15, 0.2) is 22.7 Å². The van der Waals surface area contributed by atoms with Crippen molar-refractivity contribution in [2.75, 3.05) is 18.0 Å². The first-order valence-electron chi connectivity index (χ1n) is 7.51. The highest BCUT2D eigenvalue weighted by Gasteiger charge is 2.21. The number of hydrogen-bond donors (Lipinski definition) is 1. The van der Waals surface area contributed by atoms with Gasteiger partial charge in [0.15, 0.2) is 0 Å². The summed E-state index contributed by atoms with van der Waals surface area (Å²) < 4.78 is 1.22. The van der Waals surface area contributed by atoms with E-state index in [9.17, 15) is 0 Å². The molecule has 0 bridgehead atoms. The zero-order chi connectivity index (χ0) is 13.7. The van der Waals surface area contributed by atoms with Crippen LogP contribution < -0.4 is 10.6 Å². The predicted octanol–water partition coefficient (Wildman–Crippen LogP) is 4.11. The topological polar surface area (TPSA) is 29.3 Å². The second-order valence-electron chi connectivity index (χ2n) is 5.43. The number of benzene rings is 1. The van der Waals surface area contributed by atoms with Gasteiger partial charge in [0.1, 0.15) is 0 Å². The zero-order valence-corrected chi connectivity index (χ0v) is 13.5. The Kier molecular flexibility index (Phi) is 5.71. The number of nitrogens with two attached hydrogens (primary N) is 1. The van der Waals surface area contributed by atoms with Gasteiger partial charge >= 0.3 is 0 Å². The van der Waals surface area contributed by atoms with Crippen LogP contribution in [0.4, 0.5) is 5.69 Å². The summed E-state index contributed by atoms with van der Waals surface area (Å²) in [6.45, 7) is 4.21. The Morgan fingerprint density at radius 3 is 2.84 bits per heavy atom. The summed E-state index contributed by atoms with van der Waals surface area (Å²) in [5.41, 5.74) is 8.31. The summed E-state index contributed by atoms with van der Waals surface area (Å²) in [7, 11) is 0. The maximum absolute atomic E-state index is 5.63. The molecule has 1 aliphatic rings. The van der Waals surface area contributed by atoms with Crippen molar-refractivity contribution in [2.24, 2.45) is 5.73 Å². The van der Waals surface area contributed by atoms with Crippen LogP contribution in [0, 0.1) is 0 Å². The minimum Gasteiger partial charge on any atom is -0.368 e. The second kappa shape index (κ2) is 7.30. The third-order valence-corrected chi connectivity index (χ3v) is 4.74. The second-order valence-corrected chi connectivity index (χ2v) is 6.28. The fourth-order valence-corrected chi connectivity index (χ4v) is 3.68. The quantitative estimate of drug-likeness (QED) is 0.903. The Balaban J connectivity index is 2.23. The molecule has 1 atom stereocenters. The Morgan fingerprint density at radius 2 is 2.16 bits per heavy atom. The van der Waals surface area contributed by atoms with Crippen LogP contribution >= 0.6 is 15.9 Å². The summed E-state index contributed by atoms with van der Waals surface area (Å²) >= 11 is 3.75. The molecule has 0 saturated carbocycles. The number of halogens is 1. The third kappa shape index (κ3) is 3.73. The van der Waals surface area contributed by atoms with Crippen LogP contribution in [0.2, 0.25) is 0 Å². The minimum absolute atomic E-state index is 0.694. The molecule has 3 heteroatoms. The lowest BCUT2D eigenvalue weighted by Crippen LogP contribution is -2.34. The highest BCUT2D eigenvalue weighted by Crippen LogP contribution is 2.32. The van der Waals surface area contributed by atoms with Gasteiger partial charge in [-0.2, -0.15) is 0 Å². The van der Waals surface area contributed by atoms with E-state index < -0.39 is 0 Å². The monoisotopic (exact) mass is 324 g/mol. The van der Waals surface area contributed by atoms with Crippen molar-refractivity contribution < 1.29 is 0 Å². The molecule has 1 aromatic rings. The fraction of sp³-hybridized carbons (Fsp3) is 0.625. The Morgan fingerprint density at radius 1 is 1.32 bits per heavy atom. The number of rotatable bonds is 4. The normalized spacial score (nSPS) is 20.4. The van der Waals surface area contributed by atoms with Crippen molar-refractivity contribution in [3.8, 4) is 0 Å². The molecule has 1 unspecified atom stereocenters. The first-order chi connectivity index (χ1) is 9.26. The Bertz CT molecular complexity index is 406. The molecule has 1 fully saturated rings. The van der Waals surface area contributed by atoms with Crippen molar-refractivity contribution >= 4 is 21.6 Å². The van der Waals surface area contributed by atoms with Gasteiger partial charge in [-0.05, 0) is 65.9 Å². The average Bonchev–Trinajstić information content (AvgIpc) is 2.64. The molecule has 0 amide bonds. The van der Waals surface area contributed by atoms with Crippen molar-refractivity contribution in [3.05, 3.63) is 28.2 Å². The molecular formula is C16H25BrN2. The Hall–Kier alpha value is -0.540. The molecule has 2 nitrogen and oxygen atoms in total. The average molecular weight is 325 g/mol. The SMILES string of the molecule is CCC1CCCCCN1c1ccc(CCN)cc1Br. The van der Waals surface area contributed by atoms with E-state index in [1.807, 2.05) is 0 Å². The van der Waals surface area contributed by atoms with Crippen LogP contribution in [0.5, 0.6) is 0 Å². The third-order valence-electron chi connectivity index (χ3n) is 4.10. The standard InChI is InChI=1S/C16H25BrN2/c1-2-14-6-4-3-5-11-19(14)16-8-7-13(9-10-18)12-15(16)17/h7-8,12,14H,2-6,9-11,18H2,1H3. The molecule has 106 valence electrons. The van der Waals surface area contributed by atoms with Crippen molar-refractivity contribution in [1.82, 2.24) is 0 Å². The highest BCUT2D eigenvalue weighted by atomic mass is 79.9. The van der Waals surface area contributed by atoms with Crippen LogP contribution in [0.1, 0.15) is 44.6 Å². The minimum atomic E-state index is 0.694. The van der Waals surface area contributed by atoms with Gasteiger partial charge in [0.25, 0.3) is 0 Å². The van der Waals surface area contributed by atoms with Gasteiger partial charge in [0.2, 0.25) is 0 Å². The molecule has 0 aliphatic carbocycles. The van der Waals surface area contributed by atoms with E-state index in [0.717, 1.165) is 6.42 Å². The predicted molar refractivity (Wildman–Crippen MR) is 86.8 cm³/mol. The molecule has 1 aromatic carbocycles. The maximum atomic E-state index is 5.63. The van der Waals surface area contributed by atoms with Gasteiger partial charge in [0.05, 0.1) is 5.69 Å². The number of nitrogens with zero attached hydrogens (tertiary/aromatic N) is 1. The van der Waals surface area contributed by atoms with Crippen molar-refractivity contribution in [3.63, 3.8) is 0 Å². The molecule has 1 aliphatic heterocycles. The van der Waals surface area contributed by atoms with Gasteiger partial charge in [-0.1, -0.05) is 25.8 Å². The first kappa shape index (κ1) is 14.9. The summed E-state index contributed by atoms with van der Waals surface area (Å²) in [6.07, 6.45) is 7.57. The van der Waals surface area contributed by atoms with E-state index in [2.05, 4.69) is 46.0 Å². The van der Waals surface area contributed by atoms with E-state index in [1.165, 1.54) is 54.4 Å². The first-order valence-corrected chi connectivity index (χ1v) is 8.30. The molecule has 0 spiro atoms. The lowest BCUT2D eigenvalue weighted by molar-refractivity contribution is 0.555. The molecule has 0 aromatic heterocycles.